The topological polar surface area (TPSA) is 53.5 Å². The highest BCUT2D eigenvalue weighted by Crippen LogP contribution is 2.27. The monoisotopic (exact) mass is 415 g/mol. The van der Waals surface area contributed by atoms with E-state index in [0.29, 0.717) is 12.2 Å². The van der Waals surface area contributed by atoms with Crippen molar-refractivity contribution >= 4 is 34.8 Å². The summed E-state index contributed by atoms with van der Waals surface area (Å²) in [4.78, 5) is 34.3. The second-order valence-electron chi connectivity index (χ2n) is 7.30. The van der Waals surface area contributed by atoms with Crippen molar-refractivity contribution in [3.63, 3.8) is 0 Å². The van der Waals surface area contributed by atoms with E-state index in [-0.39, 0.29) is 11.7 Å². The third-order valence-corrected chi connectivity index (χ3v) is 7.35. The fourth-order valence-corrected chi connectivity index (χ4v) is 5.66. The number of fused-ring (bicyclic) bond motifs is 1. The molecule has 1 aromatic carbocycles. The minimum absolute atomic E-state index is 0.232. The fourth-order valence-electron chi connectivity index (χ4n) is 3.65. The zero-order valence-electron chi connectivity index (χ0n) is 15.9. The number of aryl methyl sites for hydroxylation is 1. The van der Waals surface area contributed by atoms with Gasteiger partial charge in [0.25, 0.3) is 0 Å². The van der Waals surface area contributed by atoms with E-state index in [2.05, 4.69) is 17.0 Å². The highest BCUT2D eigenvalue weighted by molar-refractivity contribution is 7.99. The van der Waals surface area contributed by atoms with Crippen LogP contribution in [0.2, 0.25) is 0 Å². The van der Waals surface area contributed by atoms with Crippen LogP contribution in [0.1, 0.15) is 38.8 Å². The van der Waals surface area contributed by atoms with Gasteiger partial charge in [-0.05, 0) is 18.4 Å². The summed E-state index contributed by atoms with van der Waals surface area (Å²) in [6, 6.07) is 10.3. The van der Waals surface area contributed by atoms with Crippen LogP contribution < -0.4 is 0 Å². The van der Waals surface area contributed by atoms with Gasteiger partial charge in [0.15, 0.2) is 5.78 Å². The Labute approximate surface area is 174 Å². The van der Waals surface area contributed by atoms with Crippen molar-refractivity contribution in [2.45, 2.75) is 31.6 Å². The van der Waals surface area contributed by atoms with Crippen LogP contribution in [0.4, 0.5) is 0 Å². The zero-order valence-corrected chi connectivity index (χ0v) is 17.6. The molecule has 2 aliphatic rings. The Bertz CT molecular complexity index is 829. The van der Waals surface area contributed by atoms with Gasteiger partial charge in [0.1, 0.15) is 5.01 Å². The van der Waals surface area contributed by atoms with Gasteiger partial charge < -0.3 is 4.90 Å². The van der Waals surface area contributed by atoms with Crippen LogP contribution in [-0.4, -0.2) is 58.4 Å². The standard InChI is InChI=1S/C21H25N3O2S2/c25-18-8-4-7-17-21(18)28-19(22-17)13-23-9-11-24(12-10-23)20(26)15-27-14-16-5-2-1-3-6-16/h1-3,5-6H,4,7-15H2. The molecule has 7 heteroatoms. The number of aromatic nitrogens is 1. The van der Waals surface area contributed by atoms with Gasteiger partial charge >= 0.3 is 0 Å². The summed E-state index contributed by atoms with van der Waals surface area (Å²) in [6.45, 7) is 4.07. The first-order chi connectivity index (χ1) is 13.7. The number of ketones is 1. The minimum Gasteiger partial charge on any atom is -0.339 e. The van der Waals surface area contributed by atoms with Gasteiger partial charge in [0.2, 0.25) is 5.91 Å². The highest BCUT2D eigenvalue weighted by atomic mass is 32.2. The molecule has 1 aromatic heterocycles. The van der Waals surface area contributed by atoms with Gasteiger partial charge in [-0.3, -0.25) is 14.5 Å². The molecule has 148 valence electrons. The number of benzene rings is 1. The molecule has 0 bridgehead atoms. The smallest absolute Gasteiger partial charge is 0.232 e. The summed E-state index contributed by atoms with van der Waals surface area (Å²) >= 11 is 3.25. The normalized spacial score (nSPS) is 17.6. The second-order valence-corrected chi connectivity index (χ2v) is 9.36. The van der Waals surface area contributed by atoms with Crippen LogP contribution in [0.15, 0.2) is 30.3 Å². The number of piperazine rings is 1. The molecule has 0 radical (unpaired) electrons. The van der Waals surface area contributed by atoms with Gasteiger partial charge in [-0.15, -0.1) is 23.1 Å². The molecular formula is C21H25N3O2S2. The lowest BCUT2D eigenvalue weighted by Crippen LogP contribution is -2.48. The quantitative estimate of drug-likeness (QED) is 0.725. The Morgan fingerprint density at radius 1 is 1.11 bits per heavy atom. The first-order valence-electron chi connectivity index (χ1n) is 9.82. The van der Waals surface area contributed by atoms with E-state index in [0.717, 1.165) is 66.9 Å². The van der Waals surface area contributed by atoms with Gasteiger partial charge in [0.05, 0.1) is 22.9 Å². The summed E-state index contributed by atoms with van der Waals surface area (Å²) in [5, 5.41) is 1.04. The maximum absolute atomic E-state index is 12.5. The number of hydrogen-bond acceptors (Lipinski definition) is 6. The van der Waals surface area contributed by atoms with E-state index in [1.54, 1.807) is 23.1 Å². The first kappa shape index (κ1) is 19.6. The number of thioether (sulfide) groups is 1. The van der Waals surface area contributed by atoms with Crippen molar-refractivity contribution < 1.29 is 9.59 Å². The molecule has 0 spiro atoms. The summed E-state index contributed by atoms with van der Waals surface area (Å²) < 4.78 is 0. The van der Waals surface area contributed by atoms with Crippen LogP contribution in [0, 0.1) is 0 Å². The maximum atomic E-state index is 12.5. The lowest BCUT2D eigenvalue weighted by molar-refractivity contribution is -0.130. The van der Waals surface area contributed by atoms with Crippen LogP contribution in [0.5, 0.6) is 0 Å². The van der Waals surface area contributed by atoms with E-state index in [1.165, 1.54) is 5.56 Å². The molecule has 1 amide bonds. The Balaban J connectivity index is 1.21. The molecule has 4 rings (SSSR count). The number of thiazole rings is 1. The molecule has 5 nitrogen and oxygen atoms in total. The number of nitrogens with zero attached hydrogens (tertiary/aromatic N) is 3. The van der Waals surface area contributed by atoms with E-state index >= 15 is 0 Å². The summed E-state index contributed by atoms with van der Waals surface area (Å²) in [7, 11) is 0. The minimum atomic E-state index is 0.232. The molecule has 0 atom stereocenters. The average Bonchev–Trinajstić information content (AvgIpc) is 3.13. The van der Waals surface area contributed by atoms with Crippen LogP contribution in [0.25, 0.3) is 0 Å². The SMILES string of the molecule is O=C1CCCc2nc(CN3CCN(C(=O)CSCc4ccccc4)CC3)sc21. The lowest BCUT2D eigenvalue weighted by Gasteiger charge is -2.34. The third-order valence-electron chi connectivity index (χ3n) is 5.23. The number of rotatable bonds is 6. The summed E-state index contributed by atoms with van der Waals surface area (Å²) in [5.41, 5.74) is 2.26. The van der Waals surface area contributed by atoms with E-state index in [4.69, 9.17) is 4.98 Å². The average molecular weight is 416 g/mol. The van der Waals surface area contributed by atoms with Crippen molar-refractivity contribution in [2.24, 2.45) is 0 Å². The summed E-state index contributed by atoms with van der Waals surface area (Å²) in [6.07, 6.45) is 2.52. The Morgan fingerprint density at radius 2 is 1.89 bits per heavy atom. The molecular weight excluding hydrogens is 390 g/mol. The molecule has 1 fully saturated rings. The van der Waals surface area contributed by atoms with Gasteiger partial charge in [0, 0.05) is 38.4 Å². The highest BCUT2D eigenvalue weighted by Gasteiger charge is 2.25. The number of hydrogen-bond donors (Lipinski definition) is 0. The van der Waals surface area contributed by atoms with Crippen molar-refractivity contribution in [2.75, 3.05) is 31.9 Å². The van der Waals surface area contributed by atoms with Crippen molar-refractivity contribution in [1.29, 1.82) is 0 Å². The van der Waals surface area contributed by atoms with Gasteiger partial charge in [-0.1, -0.05) is 30.3 Å². The molecule has 0 N–H and O–H groups in total. The number of carbonyl (C=O) groups is 2. The van der Waals surface area contributed by atoms with Crippen molar-refractivity contribution in [3.8, 4) is 0 Å². The third kappa shape index (κ3) is 4.82. The van der Waals surface area contributed by atoms with Gasteiger partial charge in [-0.25, -0.2) is 4.98 Å². The van der Waals surface area contributed by atoms with E-state index in [9.17, 15) is 9.59 Å². The largest absolute Gasteiger partial charge is 0.339 e. The van der Waals surface area contributed by atoms with Crippen LogP contribution >= 0.6 is 23.1 Å². The predicted molar refractivity (Wildman–Crippen MR) is 114 cm³/mol. The number of Topliss-reactive ketones (excluding diaryl/α,β-unsaturated/α-hetero) is 1. The molecule has 1 aliphatic heterocycles. The molecule has 0 unspecified atom stereocenters. The lowest BCUT2D eigenvalue weighted by atomic mass is 10.0. The van der Waals surface area contributed by atoms with Crippen molar-refractivity contribution in [1.82, 2.24) is 14.8 Å². The molecule has 1 saturated heterocycles. The van der Waals surface area contributed by atoms with Crippen LogP contribution in [-0.2, 0) is 23.5 Å². The molecule has 2 aromatic rings. The molecule has 2 heterocycles. The van der Waals surface area contributed by atoms with Crippen LogP contribution in [0.3, 0.4) is 0 Å². The predicted octanol–water partition coefficient (Wildman–Crippen LogP) is 3.24. The second kappa shape index (κ2) is 9.20. The van der Waals surface area contributed by atoms with Crippen molar-refractivity contribution in [3.05, 3.63) is 51.5 Å². The van der Waals surface area contributed by atoms with E-state index < -0.39 is 0 Å². The van der Waals surface area contributed by atoms with E-state index in [1.807, 2.05) is 23.1 Å². The fraction of sp³-hybridized carbons (Fsp3) is 0.476. The molecule has 28 heavy (non-hydrogen) atoms. The molecule has 0 saturated carbocycles. The first-order valence-corrected chi connectivity index (χ1v) is 11.8. The maximum Gasteiger partial charge on any atom is 0.232 e. The Kier molecular flexibility index (Phi) is 6.44. The number of amides is 1. The Morgan fingerprint density at radius 3 is 2.64 bits per heavy atom. The zero-order chi connectivity index (χ0) is 19.3. The summed E-state index contributed by atoms with van der Waals surface area (Å²) in [5.74, 6) is 1.90. The Hall–Kier alpha value is -1.70. The van der Waals surface area contributed by atoms with Gasteiger partial charge in [-0.2, -0.15) is 0 Å². The molecule has 1 aliphatic carbocycles. The number of carbonyl (C=O) groups excluding carboxylic acids is 2.